The SMILES string of the molecule is CC1(C)CCCN(CC(=O)NCC(c2ccccc2)N2CCCCC2)Cc2cccnc2Oc2ccccc2OC1. The number of carbonyl (C=O) groups is 1. The van der Waals surface area contributed by atoms with Crippen LogP contribution in [0.3, 0.4) is 0 Å². The van der Waals surface area contributed by atoms with Crippen molar-refractivity contribution in [2.45, 2.75) is 58.5 Å². The minimum Gasteiger partial charge on any atom is -0.489 e. The highest BCUT2D eigenvalue weighted by Gasteiger charge is 2.25. The van der Waals surface area contributed by atoms with Gasteiger partial charge in [0.05, 0.1) is 19.2 Å². The summed E-state index contributed by atoms with van der Waals surface area (Å²) in [7, 11) is 0. The molecule has 2 aromatic carbocycles. The van der Waals surface area contributed by atoms with Crippen molar-refractivity contribution in [1.29, 1.82) is 0 Å². The van der Waals surface area contributed by atoms with E-state index in [-0.39, 0.29) is 17.4 Å². The van der Waals surface area contributed by atoms with Gasteiger partial charge in [0.15, 0.2) is 11.5 Å². The van der Waals surface area contributed by atoms with Crippen molar-refractivity contribution < 1.29 is 14.3 Å². The third-order valence-electron chi connectivity index (χ3n) is 8.12. The Labute approximate surface area is 244 Å². The van der Waals surface area contributed by atoms with Gasteiger partial charge in [-0.1, -0.05) is 68.8 Å². The summed E-state index contributed by atoms with van der Waals surface area (Å²) in [5.41, 5.74) is 2.19. The first-order valence-electron chi connectivity index (χ1n) is 15.1. The maximum absolute atomic E-state index is 13.4. The van der Waals surface area contributed by atoms with Crippen LogP contribution in [0.15, 0.2) is 72.9 Å². The maximum atomic E-state index is 13.4. The molecule has 218 valence electrons. The van der Waals surface area contributed by atoms with Crippen LogP contribution in [-0.2, 0) is 11.3 Å². The number of hydrogen-bond acceptors (Lipinski definition) is 6. The lowest BCUT2D eigenvalue weighted by molar-refractivity contribution is -0.122. The van der Waals surface area contributed by atoms with Gasteiger partial charge in [-0.2, -0.15) is 0 Å². The molecular weight excluding hydrogens is 512 g/mol. The molecule has 3 aromatic rings. The highest BCUT2D eigenvalue weighted by Crippen LogP contribution is 2.34. The smallest absolute Gasteiger partial charge is 0.234 e. The second-order valence-corrected chi connectivity index (χ2v) is 12.1. The van der Waals surface area contributed by atoms with Crippen molar-refractivity contribution in [3.05, 3.63) is 84.1 Å². The Kier molecular flexibility index (Phi) is 9.91. The van der Waals surface area contributed by atoms with Gasteiger partial charge in [-0.25, -0.2) is 4.98 Å². The molecule has 0 spiro atoms. The molecule has 0 aliphatic carbocycles. The van der Waals surface area contributed by atoms with Gasteiger partial charge >= 0.3 is 0 Å². The third-order valence-corrected chi connectivity index (χ3v) is 8.12. The number of piperidine rings is 1. The molecule has 7 nitrogen and oxygen atoms in total. The lowest BCUT2D eigenvalue weighted by Gasteiger charge is -2.35. The molecule has 1 aromatic heterocycles. The standard InChI is InChI=1S/C34H44N4O3/c1-34(2)18-12-20-37(24-28-15-11-19-35-33(28)41-31-17-8-7-16-30(31)40-26-34)25-32(39)36-23-29(27-13-5-3-6-14-27)38-21-9-4-10-22-38/h3,5-8,11,13-17,19,29H,4,9-10,12,18,20-26H2,1-2H3,(H,36,39). The van der Waals surface area contributed by atoms with E-state index in [1.807, 2.05) is 36.4 Å². The highest BCUT2D eigenvalue weighted by molar-refractivity contribution is 5.78. The zero-order chi connectivity index (χ0) is 28.5. The lowest BCUT2D eigenvalue weighted by atomic mass is 9.88. The molecular formula is C34H44N4O3. The number of rotatable bonds is 6. The van der Waals surface area contributed by atoms with Crippen LogP contribution in [0.25, 0.3) is 0 Å². The number of aromatic nitrogens is 1. The van der Waals surface area contributed by atoms with Crippen LogP contribution in [0.4, 0.5) is 0 Å². The Morgan fingerprint density at radius 3 is 2.49 bits per heavy atom. The lowest BCUT2D eigenvalue weighted by Crippen LogP contribution is -2.43. The van der Waals surface area contributed by atoms with E-state index in [1.54, 1.807) is 6.20 Å². The summed E-state index contributed by atoms with van der Waals surface area (Å²) >= 11 is 0. The van der Waals surface area contributed by atoms with Crippen molar-refractivity contribution in [2.75, 3.05) is 39.3 Å². The second kappa shape index (κ2) is 14.0. The van der Waals surface area contributed by atoms with E-state index in [4.69, 9.17) is 9.47 Å². The van der Waals surface area contributed by atoms with Crippen LogP contribution in [0, 0.1) is 5.41 Å². The summed E-state index contributed by atoms with van der Waals surface area (Å²) in [5, 5.41) is 3.29. The molecule has 1 N–H and O–H groups in total. The topological polar surface area (TPSA) is 66.9 Å². The van der Waals surface area contributed by atoms with Gasteiger partial charge in [-0.3, -0.25) is 14.6 Å². The molecule has 0 bridgehead atoms. The first-order chi connectivity index (χ1) is 20.0. The number of likely N-dealkylation sites (tertiary alicyclic amines) is 1. The molecule has 0 saturated carbocycles. The van der Waals surface area contributed by atoms with Crippen LogP contribution in [0.2, 0.25) is 0 Å². The van der Waals surface area contributed by atoms with E-state index in [0.29, 0.717) is 43.6 Å². The van der Waals surface area contributed by atoms with Crippen molar-refractivity contribution in [3.63, 3.8) is 0 Å². The Morgan fingerprint density at radius 1 is 0.927 bits per heavy atom. The number of pyridine rings is 1. The molecule has 2 aliphatic rings. The van der Waals surface area contributed by atoms with Crippen LogP contribution in [0.5, 0.6) is 17.4 Å². The average molecular weight is 557 g/mol. The number of hydrogen-bond donors (Lipinski definition) is 1. The van der Waals surface area contributed by atoms with E-state index in [2.05, 4.69) is 64.3 Å². The van der Waals surface area contributed by atoms with E-state index in [9.17, 15) is 4.79 Å². The Balaban J connectivity index is 1.30. The number of carbonyl (C=O) groups excluding carboxylic acids is 1. The zero-order valence-electron chi connectivity index (χ0n) is 24.6. The van der Waals surface area contributed by atoms with Crippen molar-refractivity contribution in [2.24, 2.45) is 5.41 Å². The zero-order valence-corrected chi connectivity index (χ0v) is 24.6. The number of nitrogens with zero attached hydrogens (tertiary/aromatic N) is 3. The number of amides is 1. The summed E-state index contributed by atoms with van der Waals surface area (Å²) in [5.74, 6) is 1.96. The Hall–Kier alpha value is -3.42. The second-order valence-electron chi connectivity index (χ2n) is 12.1. The molecule has 0 radical (unpaired) electrons. The van der Waals surface area contributed by atoms with Crippen LogP contribution >= 0.6 is 0 Å². The van der Waals surface area contributed by atoms with E-state index in [0.717, 1.165) is 38.0 Å². The molecule has 1 amide bonds. The van der Waals surface area contributed by atoms with Gasteiger partial charge < -0.3 is 14.8 Å². The molecule has 1 unspecified atom stereocenters. The van der Waals surface area contributed by atoms with Gasteiger partial charge in [0, 0.05) is 24.8 Å². The quantitative estimate of drug-likeness (QED) is 0.389. The van der Waals surface area contributed by atoms with Crippen molar-refractivity contribution in [1.82, 2.24) is 20.1 Å². The number of benzene rings is 2. The van der Waals surface area contributed by atoms with Crippen molar-refractivity contribution >= 4 is 5.91 Å². The van der Waals surface area contributed by atoms with Gasteiger partial charge in [-0.15, -0.1) is 0 Å². The normalized spacial score (nSPS) is 19.1. The molecule has 1 fully saturated rings. The van der Waals surface area contributed by atoms with Gasteiger partial charge in [0.1, 0.15) is 0 Å². The minimum atomic E-state index is -0.0163. The molecule has 7 heteroatoms. The number of nitrogens with one attached hydrogen (secondary N) is 1. The molecule has 1 saturated heterocycles. The first-order valence-corrected chi connectivity index (χ1v) is 15.1. The van der Waals surface area contributed by atoms with Crippen LogP contribution in [0.1, 0.15) is 63.1 Å². The predicted molar refractivity (Wildman–Crippen MR) is 162 cm³/mol. The van der Waals surface area contributed by atoms with E-state index >= 15 is 0 Å². The van der Waals surface area contributed by atoms with Gasteiger partial charge in [0.2, 0.25) is 11.8 Å². The van der Waals surface area contributed by atoms with Gasteiger partial charge in [-0.05, 0) is 74.5 Å². The molecule has 1 atom stereocenters. The summed E-state index contributed by atoms with van der Waals surface area (Å²) in [6.07, 6.45) is 7.40. The minimum absolute atomic E-state index is 0.0163. The number of fused-ring (bicyclic) bond motifs is 2. The summed E-state index contributed by atoms with van der Waals surface area (Å²) < 4.78 is 12.5. The predicted octanol–water partition coefficient (Wildman–Crippen LogP) is 6.22. The third kappa shape index (κ3) is 8.30. The van der Waals surface area contributed by atoms with Gasteiger partial charge in [0.25, 0.3) is 0 Å². The first kappa shape index (κ1) is 29.1. The highest BCUT2D eigenvalue weighted by atomic mass is 16.5. The summed E-state index contributed by atoms with van der Waals surface area (Å²) in [6.45, 7) is 9.51. The number of para-hydroxylation sites is 2. The van der Waals surface area contributed by atoms with E-state index in [1.165, 1.54) is 24.8 Å². The summed E-state index contributed by atoms with van der Waals surface area (Å²) in [4.78, 5) is 22.7. The molecule has 41 heavy (non-hydrogen) atoms. The Bertz CT molecular complexity index is 1260. The molecule has 3 heterocycles. The number of ether oxygens (including phenoxy) is 2. The Morgan fingerprint density at radius 2 is 1.68 bits per heavy atom. The van der Waals surface area contributed by atoms with Crippen molar-refractivity contribution in [3.8, 4) is 17.4 Å². The maximum Gasteiger partial charge on any atom is 0.234 e. The average Bonchev–Trinajstić information content (AvgIpc) is 2.99. The molecule has 2 aliphatic heterocycles. The fourth-order valence-electron chi connectivity index (χ4n) is 5.81. The van der Waals surface area contributed by atoms with E-state index < -0.39 is 0 Å². The summed E-state index contributed by atoms with van der Waals surface area (Å²) in [6, 6.07) is 22.5. The fraction of sp³-hybridized carbons (Fsp3) is 0.471. The monoisotopic (exact) mass is 556 g/mol. The molecule has 5 rings (SSSR count). The van der Waals surface area contributed by atoms with Crippen LogP contribution < -0.4 is 14.8 Å². The largest absolute Gasteiger partial charge is 0.489 e. The fourth-order valence-corrected chi connectivity index (χ4v) is 5.81. The van der Waals surface area contributed by atoms with Crippen LogP contribution in [-0.4, -0.2) is 60.0 Å².